The van der Waals surface area contributed by atoms with Crippen LogP contribution in [-0.4, -0.2) is 0 Å². The van der Waals surface area contributed by atoms with Crippen molar-refractivity contribution in [3.8, 4) is 0 Å². The molecule has 0 amide bonds. The molecular formula is C16H19F. The number of hydrogen-bond donors (Lipinski definition) is 0. The van der Waals surface area contributed by atoms with Gasteiger partial charge in [0.1, 0.15) is 5.82 Å². The average Bonchev–Trinajstić information content (AvgIpc) is 2.67. The minimum Gasteiger partial charge on any atom is -0.207 e. The van der Waals surface area contributed by atoms with Gasteiger partial charge in [-0.3, -0.25) is 0 Å². The molecule has 0 heterocycles. The third-order valence-corrected chi connectivity index (χ3v) is 3.40. The van der Waals surface area contributed by atoms with E-state index in [1.807, 2.05) is 32.1 Å². The van der Waals surface area contributed by atoms with E-state index in [1.165, 1.54) is 5.56 Å². The highest BCUT2D eigenvalue weighted by Crippen LogP contribution is 2.31. The van der Waals surface area contributed by atoms with Crippen LogP contribution < -0.4 is 0 Å². The molecule has 0 radical (unpaired) electrons. The van der Waals surface area contributed by atoms with E-state index in [0.717, 1.165) is 29.5 Å². The number of halogens is 1. The lowest BCUT2D eigenvalue weighted by Gasteiger charge is -2.06. The average molecular weight is 230 g/mol. The number of fused-ring (bicyclic) bond motifs is 1. The summed E-state index contributed by atoms with van der Waals surface area (Å²) in [4.78, 5) is 0. The Morgan fingerprint density at radius 1 is 1.35 bits per heavy atom. The fourth-order valence-corrected chi connectivity index (χ4v) is 2.46. The van der Waals surface area contributed by atoms with Crippen LogP contribution >= 0.6 is 0 Å². The summed E-state index contributed by atoms with van der Waals surface area (Å²) in [6.07, 6.45) is 7.90. The highest BCUT2D eigenvalue weighted by molar-refractivity contribution is 5.66. The van der Waals surface area contributed by atoms with E-state index in [4.69, 9.17) is 0 Å². The summed E-state index contributed by atoms with van der Waals surface area (Å²) in [7, 11) is 0. The molecule has 1 aromatic carbocycles. The van der Waals surface area contributed by atoms with Gasteiger partial charge >= 0.3 is 0 Å². The van der Waals surface area contributed by atoms with Gasteiger partial charge in [-0.1, -0.05) is 31.2 Å². The molecule has 0 saturated heterocycles. The van der Waals surface area contributed by atoms with Gasteiger partial charge in [0.2, 0.25) is 0 Å². The van der Waals surface area contributed by atoms with E-state index < -0.39 is 0 Å². The molecule has 2 rings (SSSR count). The normalized spacial score (nSPS) is 20.0. The largest absolute Gasteiger partial charge is 0.207 e. The van der Waals surface area contributed by atoms with Crippen molar-refractivity contribution >= 4 is 5.57 Å². The van der Waals surface area contributed by atoms with E-state index in [1.54, 1.807) is 6.07 Å². The smallest absolute Gasteiger partial charge is 0.127 e. The molecule has 0 aliphatic heterocycles. The quantitative estimate of drug-likeness (QED) is 0.654. The van der Waals surface area contributed by atoms with Gasteiger partial charge in [0.05, 0.1) is 0 Å². The van der Waals surface area contributed by atoms with E-state index in [-0.39, 0.29) is 5.82 Å². The Kier molecular flexibility index (Phi) is 3.46. The summed E-state index contributed by atoms with van der Waals surface area (Å²) in [6.45, 7) is 6.19. The SMILES string of the molecule is C/C=C\C=C(/C)c1cc(F)c2c(c1)CC(C)C2. The lowest BCUT2D eigenvalue weighted by Crippen LogP contribution is -1.92. The first-order valence-electron chi connectivity index (χ1n) is 6.23. The second-order valence-corrected chi connectivity index (χ2v) is 4.98. The Labute approximate surface area is 103 Å². The first-order valence-corrected chi connectivity index (χ1v) is 6.23. The van der Waals surface area contributed by atoms with Crippen LogP contribution in [0, 0.1) is 11.7 Å². The Balaban J connectivity index is 2.40. The fourth-order valence-electron chi connectivity index (χ4n) is 2.46. The second kappa shape index (κ2) is 4.87. The van der Waals surface area contributed by atoms with Gasteiger partial charge in [0, 0.05) is 0 Å². The van der Waals surface area contributed by atoms with Crippen LogP contribution in [0.2, 0.25) is 0 Å². The third-order valence-electron chi connectivity index (χ3n) is 3.40. The molecule has 0 N–H and O–H groups in total. The molecule has 1 aromatic rings. The highest BCUT2D eigenvalue weighted by atomic mass is 19.1. The van der Waals surface area contributed by atoms with Crippen molar-refractivity contribution in [1.29, 1.82) is 0 Å². The zero-order valence-corrected chi connectivity index (χ0v) is 10.8. The minimum absolute atomic E-state index is 0.0323. The minimum atomic E-state index is -0.0323. The van der Waals surface area contributed by atoms with E-state index in [2.05, 4.69) is 13.0 Å². The van der Waals surface area contributed by atoms with Crippen LogP contribution in [0.15, 0.2) is 30.4 Å². The summed E-state index contributed by atoms with van der Waals surface area (Å²) in [5.74, 6) is 0.546. The Morgan fingerprint density at radius 3 is 2.82 bits per heavy atom. The second-order valence-electron chi connectivity index (χ2n) is 4.98. The van der Waals surface area contributed by atoms with Gasteiger partial charge < -0.3 is 0 Å². The monoisotopic (exact) mass is 230 g/mol. The Morgan fingerprint density at radius 2 is 2.12 bits per heavy atom. The Bertz CT molecular complexity index is 481. The summed E-state index contributed by atoms with van der Waals surface area (Å²) in [5.41, 5.74) is 4.25. The summed E-state index contributed by atoms with van der Waals surface area (Å²) >= 11 is 0. The molecule has 1 atom stereocenters. The van der Waals surface area contributed by atoms with Crippen LogP contribution in [0.1, 0.15) is 37.5 Å². The maximum Gasteiger partial charge on any atom is 0.127 e. The molecular weight excluding hydrogens is 211 g/mol. The molecule has 0 fully saturated rings. The molecule has 0 bridgehead atoms. The van der Waals surface area contributed by atoms with Crippen LogP contribution in [0.5, 0.6) is 0 Å². The van der Waals surface area contributed by atoms with Crippen LogP contribution in [0.4, 0.5) is 4.39 Å². The van der Waals surface area contributed by atoms with Gasteiger partial charge in [0.15, 0.2) is 0 Å². The van der Waals surface area contributed by atoms with Crippen molar-refractivity contribution < 1.29 is 4.39 Å². The summed E-state index contributed by atoms with van der Waals surface area (Å²) < 4.78 is 14.0. The molecule has 1 unspecified atom stereocenters. The molecule has 0 aromatic heterocycles. The predicted molar refractivity (Wildman–Crippen MR) is 71.4 cm³/mol. The van der Waals surface area contributed by atoms with E-state index >= 15 is 0 Å². The van der Waals surface area contributed by atoms with Crippen LogP contribution in [0.25, 0.3) is 5.57 Å². The van der Waals surface area contributed by atoms with Crippen molar-refractivity contribution in [2.24, 2.45) is 5.92 Å². The lowest BCUT2D eigenvalue weighted by atomic mass is 10.0. The van der Waals surface area contributed by atoms with Crippen molar-refractivity contribution in [3.05, 3.63) is 52.9 Å². The zero-order valence-electron chi connectivity index (χ0n) is 10.8. The molecule has 1 heteroatoms. The maximum atomic E-state index is 14.0. The molecule has 1 aliphatic carbocycles. The van der Waals surface area contributed by atoms with Gasteiger partial charge in [-0.05, 0) is 60.9 Å². The van der Waals surface area contributed by atoms with Crippen LogP contribution in [0.3, 0.4) is 0 Å². The first kappa shape index (κ1) is 12.1. The number of benzene rings is 1. The highest BCUT2D eigenvalue weighted by Gasteiger charge is 2.21. The molecule has 0 nitrogen and oxygen atoms in total. The van der Waals surface area contributed by atoms with Crippen LogP contribution in [-0.2, 0) is 12.8 Å². The lowest BCUT2D eigenvalue weighted by molar-refractivity contribution is 0.586. The summed E-state index contributed by atoms with van der Waals surface area (Å²) in [5, 5.41) is 0. The predicted octanol–water partition coefficient (Wildman–Crippen LogP) is 4.54. The van der Waals surface area contributed by atoms with E-state index in [9.17, 15) is 4.39 Å². The molecule has 1 aliphatic rings. The number of allylic oxidation sites excluding steroid dienone is 4. The van der Waals surface area contributed by atoms with Gasteiger partial charge in [-0.15, -0.1) is 0 Å². The molecule has 90 valence electrons. The zero-order chi connectivity index (χ0) is 12.4. The molecule has 0 spiro atoms. The van der Waals surface area contributed by atoms with Gasteiger partial charge in [0.25, 0.3) is 0 Å². The van der Waals surface area contributed by atoms with E-state index in [0.29, 0.717) is 5.92 Å². The van der Waals surface area contributed by atoms with Gasteiger partial charge in [-0.25, -0.2) is 4.39 Å². The molecule has 0 saturated carbocycles. The van der Waals surface area contributed by atoms with Gasteiger partial charge in [-0.2, -0.15) is 0 Å². The fraction of sp³-hybridized carbons (Fsp3) is 0.375. The van der Waals surface area contributed by atoms with Crippen molar-refractivity contribution in [2.75, 3.05) is 0 Å². The van der Waals surface area contributed by atoms with Crippen molar-refractivity contribution in [3.63, 3.8) is 0 Å². The topological polar surface area (TPSA) is 0 Å². The first-order chi connectivity index (χ1) is 8.11. The summed E-state index contributed by atoms with van der Waals surface area (Å²) in [6, 6.07) is 3.82. The molecule has 17 heavy (non-hydrogen) atoms. The standard InChI is InChI=1S/C16H19F/c1-4-5-6-12(3)13-9-14-7-11(2)8-15(14)16(17)10-13/h4-6,9-11H,7-8H2,1-3H3/b5-4-,12-6+. The Hall–Kier alpha value is -1.37. The third kappa shape index (κ3) is 2.49. The van der Waals surface area contributed by atoms with Crippen molar-refractivity contribution in [1.82, 2.24) is 0 Å². The maximum absolute atomic E-state index is 14.0. The number of hydrogen-bond acceptors (Lipinski definition) is 0. The van der Waals surface area contributed by atoms with Crippen molar-refractivity contribution in [2.45, 2.75) is 33.6 Å². The number of rotatable bonds is 2.